The van der Waals surface area contributed by atoms with Gasteiger partial charge in [-0.2, -0.15) is 5.10 Å². The van der Waals surface area contributed by atoms with Crippen LogP contribution in [0.1, 0.15) is 30.0 Å². The maximum atomic E-state index is 15.6. The minimum atomic E-state index is -0.448. The normalized spacial score (nSPS) is 20.0. The number of pyridine rings is 2. The fraction of sp³-hybridized carbons (Fsp3) is 0.267. The summed E-state index contributed by atoms with van der Waals surface area (Å²) in [7, 11) is 0. The summed E-state index contributed by atoms with van der Waals surface area (Å²) in [4.78, 5) is 31.8. The van der Waals surface area contributed by atoms with E-state index in [9.17, 15) is 4.79 Å². The molecular formula is C30H27FN8O2. The first-order chi connectivity index (χ1) is 20.0. The molecule has 4 aromatic heterocycles. The number of benzene rings is 1. The predicted molar refractivity (Wildman–Crippen MR) is 151 cm³/mol. The molecular weight excluding hydrogens is 523 g/mol. The highest BCUT2D eigenvalue weighted by molar-refractivity contribution is 5.88. The van der Waals surface area contributed by atoms with Crippen molar-refractivity contribution < 1.29 is 13.9 Å². The lowest BCUT2D eigenvalue weighted by molar-refractivity contribution is -0.125. The third-order valence-electron chi connectivity index (χ3n) is 8.23. The largest absolute Gasteiger partial charge is 0.457 e. The van der Waals surface area contributed by atoms with Crippen molar-refractivity contribution in [3.63, 3.8) is 0 Å². The summed E-state index contributed by atoms with van der Waals surface area (Å²) in [5.41, 5.74) is 3.48. The zero-order valence-corrected chi connectivity index (χ0v) is 22.4. The number of nitrogens with one attached hydrogen (secondary N) is 1. The van der Waals surface area contributed by atoms with E-state index in [4.69, 9.17) is 9.72 Å². The molecule has 41 heavy (non-hydrogen) atoms. The first kappa shape index (κ1) is 25.1. The number of likely N-dealkylation sites (tertiary alicyclic amines) is 1. The zero-order chi connectivity index (χ0) is 28.1. The molecule has 0 unspecified atom stereocenters. The van der Waals surface area contributed by atoms with Crippen LogP contribution in [-0.2, 0) is 4.79 Å². The number of aromatic nitrogens is 6. The molecule has 5 heterocycles. The third-order valence-corrected chi connectivity index (χ3v) is 8.23. The average molecular weight is 551 g/mol. The Morgan fingerprint density at radius 1 is 1.10 bits per heavy atom. The number of ether oxygens (including phenoxy) is 1. The van der Waals surface area contributed by atoms with E-state index in [1.165, 1.54) is 18.7 Å². The Labute approximate surface area is 234 Å². The highest BCUT2D eigenvalue weighted by Gasteiger charge is 2.42. The summed E-state index contributed by atoms with van der Waals surface area (Å²) < 4.78 is 23.1. The van der Waals surface area contributed by atoms with Crippen molar-refractivity contribution in [2.24, 2.45) is 11.8 Å². The van der Waals surface area contributed by atoms with Crippen molar-refractivity contribution in [2.75, 3.05) is 18.4 Å². The monoisotopic (exact) mass is 550 g/mol. The number of rotatable bonds is 6. The standard InChI is InChI=1S/C30H27FN8O2/c1-3-27(40)38-13-19-10-18(11-20(19)14-38)22-4-5-24-29(36-22)30(34-15-32-24)37-23-6-7-25(17(2)28(23)31)41-21-8-9-39-26(12-21)33-16-35-39/h3-9,12,15-16,18-20H,1,10-11,13-14H2,2H3,(H,32,34,37)/t18-,19+,20-. The lowest BCUT2D eigenvalue weighted by atomic mass is 10.0. The van der Waals surface area contributed by atoms with E-state index in [-0.39, 0.29) is 17.5 Å². The van der Waals surface area contributed by atoms with Gasteiger partial charge in [-0.15, -0.1) is 0 Å². The van der Waals surface area contributed by atoms with Crippen molar-refractivity contribution in [3.05, 3.63) is 85.0 Å². The molecule has 206 valence electrons. The quantitative estimate of drug-likeness (QED) is 0.288. The molecule has 2 fully saturated rings. The molecule has 5 aromatic rings. The molecule has 1 aromatic carbocycles. The van der Waals surface area contributed by atoms with Crippen molar-refractivity contribution >= 4 is 34.1 Å². The summed E-state index contributed by atoms with van der Waals surface area (Å²) in [6, 6.07) is 10.8. The van der Waals surface area contributed by atoms with Crippen LogP contribution in [0.3, 0.4) is 0 Å². The SMILES string of the molecule is C=CC(=O)N1C[C@H]2C[C@H](c3ccc4ncnc(Nc5ccc(Oc6ccn7ncnc7c6)c(C)c5F)c4n3)C[C@H]2C1. The average Bonchev–Trinajstić information content (AvgIpc) is 3.72. The van der Waals surface area contributed by atoms with Crippen LogP contribution < -0.4 is 10.1 Å². The summed E-state index contributed by atoms with van der Waals surface area (Å²) in [6.07, 6.45) is 7.97. The van der Waals surface area contributed by atoms with Gasteiger partial charge in [0.25, 0.3) is 0 Å². The predicted octanol–water partition coefficient (Wildman–Crippen LogP) is 5.19. The van der Waals surface area contributed by atoms with Gasteiger partial charge < -0.3 is 15.0 Å². The number of nitrogens with zero attached hydrogens (tertiary/aromatic N) is 7. The van der Waals surface area contributed by atoms with Gasteiger partial charge in [0.2, 0.25) is 5.91 Å². The van der Waals surface area contributed by atoms with Crippen LogP contribution >= 0.6 is 0 Å². The topological polar surface area (TPSA) is 110 Å². The molecule has 10 nitrogen and oxygen atoms in total. The molecule has 0 radical (unpaired) electrons. The lowest BCUT2D eigenvalue weighted by Crippen LogP contribution is -2.27. The molecule has 3 atom stereocenters. The Balaban J connectivity index is 1.12. The summed E-state index contributed by atoms with van der Waals surface area (Å²) >= 11 is 0. The van der Waals surface area contributed by atoms with E-state index in [2.05, 4.69) is 31.9 Å². The van der Waals surface area contributed by atoms with Crippen LogP contribution in [0.4, 0.5) is 15.9 Å². The first-order valence-electron chi connectivity index (χ1n) is 13.5. The lowest BCUT2D eigenvalue weighted by Gasteiger charge is -2.18. The summed E-state index contributed by atoms with van der Waals surface area (Å²) in [6.45, 7) is 6.82. The molecule has 2 aliphatic rings. The Bertz CT molecular complexity index is 1810. The molecule has 1 saturated carbocycles. The van der Waals surface area contributed by atoms with E-state index in [1.54, 1.807) is 41.9 Å². The molecule has 0 spiro atoms. The number of anilines is 2. The number of fused-ring (bicyclic) bond motifs is 3. The fourth-order valence-corrected chi connectivity index (χ4v) is 6.11. The van der Waals surface area contributed by atoms with E-state index < -0.39 is 5.82 Å². The smallest absolute Gasteiger partial charge is 0.245 e. The molecule has 1 N–H and O–H groups in total. The van der Waals surface area contributed by atoms with Crippen LogP contribution in [0.2, 0.25) is 0 Å². The van der Waals surface area contributed by atoms with E-state index in [1.807, 2.05) is 17.0 Å². The Hall–Kier alpha value is -4.93. The highest BCUT2D eigenvalue weighted by Crippen LogP contribution is 2.46. The van der Waals surface area contributed by atoms with Gasteiger partial charge in [0.15, 0.2) is 17.3 Å². The Kier molecular flexibility index (Phi) is 6.06. The van der Waals surface area contributed by atoms with Gasteiger partial charge in [-0.1, -0.05) is 6.58 Å². The Morgan fingerprint density at radius 3 is 2.73 bits per heavy atom. The molecule has 1 aliphatic carbocycles. The van der Waals surface area contributed by atoms with Crippen molar-refractivity contribution in [3.8, 4) is 11.5 Å². The number of amides is 1. The van der Waals surface area contributed by atoms with Crippen LogP contribution in [0, 0.1) is 24.6 Å². The minimum Gasteiger partial charge on any atom is -0.457 e. The first-order valence-corrected chi connectivity index (χ1v) is 13.5. The number of carbonyl (C=O) groups is 1. The number of hydrogen-bond donors (Lipinski definition) is 1. The highest BCUT2D eigenvalue weighted by atomic mass is 19.1. The van der Waals surface area contributed by atoms with Crippen LogP contribution in [0.5, 0.6) is 11.5 Å². The van der Waals surface area contributed by atoms with Crippen molar-refractivity contribution in [2.45, 2.75) is 25.7 Å². The molecule has 1 saturated heterocycles. The Morgan fingerprint density at radius 2 is 1.93 bits per heavy atom. The van der Waals surface area contributed by atoms with Gasteiger partial charge in [-0.25, -0.2) is 28.8 Å². The van der Waals surface area contributed by atoms with E-state index >= 15 is 4.39 Å². The van der Waals surface area contributed by atoms with Crippen LogP contribution in [-0.4, -0.2) is 53.4 Å². The number of halogens is 1. The van der Waals surface area contributed by atoms with Gasteiger partial charge in [0.05, 0.1) is 11.2 Å². The zero-order valence-electron chi connectivity index (χ0n) is 22.4. The van der Waals surface area contributed by atoms with Crippen LogP contribution in [0.15, 0.2) is 67.9 Å². The third kappa shape index (κ3) is 4.52. The minimum absolute atomic E-state index is 0.00286. The van der Waals surface area contributed by atoms with E-state index in [0.29, 0.717) is 51.4 Å². The maximum Gasteiger partial charge on any atom is 0.245 e. The van der Waals surface area contributed by atoms with Gasteiger partial charge >= 0.3 is 0 Å². The second-order valence-electron chi connectivity index (χ2n) is 10.7. The van der Waals surface area contributed by atoms with Gasteiger partial charge in [0.1, 0.15) is 29.7 Å². The fourth-order valence-electron chi connectivity index (χ4n) is 6.11. The van der Waals surface area contributed by atoms with Gasteiger partial charge in [-0.3, -0.25) is 4.79 Å². The maximum absolute atomic E-state index is 15.6. The molecule has 11 heteroatoms. The van der Waals surface area contributed by atoms with Crippen molar-refractivity contribution in [1.82, 2.24) is 34.4 Å². The number of hydrogen-bond acceptors (Lipinski definition) is 8. The molecule has 1 aliphatic heterocycles. The number of carbonyl (C=O) groups excluding carboxylic acids is 1. The van der Waals surface area contributed by atoms with Crippen molar-refractivity contribution in [1.29, 1.82) is 0 Å². The molecule has 0 bridgehead atoms. The van der Waals surface area contributed by atoms with Gasteiger partial charge in [0, 0.05) is 42.5 Å². The molecule has 7 rings (SSSR count). The second-order valence-corrected chi connectivity index (χ2v) is 10.7. The van der Waals surface area contributed by atoms with E-state index in [0.717, 1.165) is 31.6 Å². The summed E-state index contributed by atoms with van der Waals surface area (Å²) in [5, 5.41) is 7.21. The summed E-state index contributed by atoms with van der Waals surface area (Å²) in [5.74, 6) is 2.12. The second kappa shape index (κ2) is 9.92. The van der Waals surface area contributed by atoms with Gasteiger partial charge in [-0.05, 0) is 68.0 Å². The molecule has 1 amide bonds. The van der Waals surface area contributed by atoms with Crippen LogP contribution in [0.25, 0.3) is 16.7 Å².